The lowest BCUT2D eigenvalue weighted by molar-refractivity contribution is 0.302. The maximum atomic E-state index is 5.89. The van der Waals surface area contributed by atoms with Crippen LogP contribution in [0.3, 0.4) is 0 Å². The van der Waals surface area contributed by atoms with Gasteiger partial charge in [0.1, 0.15) is 17.3 Å². The molecule has 0 saturated heterocycles. The van der Waals surface area contributed by atoms with Crippen molar-refractivity contribution in [2.24, 2.45) is 0 Å². The van der Waals surface area contributed by atoms with Crippen LogP contribution in [0.2, 0.25) is 0 Å². The van der Waals surface area contributed by atoms with E-state index in [0.29, 0.717) is 0 Å². The van der Waals surface area contributed by atoms with Gasteiger partial charge in [-0.25, -0.2) is 0 Å². The van der Waals surface area contributed by atoms with Crippen LogP contribution in [0.4, 0.5) is 0 Å². The summed E-state index contributed by atoms with van der Waals surface area (Å²) in [5.74, 6) is 5.16. The van der Waals surface area contributed by atoms with E-state index in [1.165, 1.54) is 15.9 Å². The molecular formula is C34H32O3P2. The zero-order valence-electron chi connectivity index (χ0n) is 22.6. The average molecular weight is 551 g/mol. The number of hydrogen-bond donors (Lipinski definition) is 0. The van der Waals surface area contributed by atoms with Crippen molar-refractivity contribution in [2.45, 2.75) is 12.8 Å². The largest absolute Gasteiger partial charge is 0.496 e. The minimum Gasteiger partial charge on any atom is -0.496 e. The summed E-state index contributed by atoms with van der Waals surface area (Å²) in [6.45, 7) is 0. The van der Waals surface area contributed by atoms with Gasteiger partial charge in [-0.2, -0.15) is 0 Å². The summed E-state index contributed by atoms with van der Waals surface area (Å²) in [7, 11) is 3.35. The third-order valence-electron chi connectivity index (χ3n) is 6.30. The maximum Gasteiger partial charge on any atom is 0.136 e. The SMILES string of the molecule is C#C/C=C\C=C/CP(C1=C(OC)C=CCC1)c1ccccc1P(C1=C=C=CC=C1OC)c1ccccc1OC. The third-order valence-corrected chi connectivity index (χ3v) is 11.6. The molecule has 0 N–H and O–H groups in total. The van der Waals surface area contributed by atoms with Crippen LogP contribution >= 0.6 is 15.8 Å². The fourth-order valence-electron chi connectivity index (χ4n) is 4.56. The Hall–Kier alpha value is -3.74. The quantitative estimate of drug-likeness (QED) is 0.132. The summed E-state index contributed by atoms with van der Waals surface area (Å²) < 4.78 is 17.6. The van der Waals surface area contributed by atoms with Crippen molar-refractivity contribution in [1.29, 1.82) is 0 Å². The summed E-state index contributed by atoms with van der Waals surface area (Å²) in [4.78, 5) is 0. The predicted molar refractivity (Wildman–Crippen MR) is 167 cm³/mol. The normalized spacial score (nSPS) is 16.2. The van der Waals surface area contributed by atoms with Gasteiger partial charge in [0, 0.05) is 18.5 Å². The molecule has 2 aromatic rings. The highest BCUT2D eigenvalue weighted by Crippen LogP contribution is 2.54. The first kappa shape index (κ1) is 28.3. The highest BCUT2D eigenvalue weighted by Gasteiger charge is 2.31. The minimum atomic E-state index is -1.08. The van der Waals surface area contributed by atoms with Crippen LogP contribution in [0.5, 0.6) is 5.75 Å². The molecule has 2 aliphatic carbocycles. The fourth-order valence-corrected chi connectivity index (χ4v) is 10.2. The second kappa shape index (κ2) is 14.4. The summed E-state index contributed by atoms with van der Waals surface area (Å²) in [5, 5.41) is 6.03. The van der Waals surface area contributed by atoms with Gasteiger partial charge in [0.15, 0.2) is 0 Å². The topological polar surface area (TPSA) is 27.7 Å². The van der Waals surface area contributed by atoms with E-state index >= 15 is 0 Å². The van der Waals surface area contributed by atoms with Crippen LogP contribution in [0.15, 0.2) is 131 Å². The molecule has 0 amide bonds. The monoisotopic (exact) mass is 550 g/mol. The molecule has 0 bridgehead atoms. The van der Waals surface area contributed by atoms with E-state index in [-0.39, 0.29) is 0 Å². The molecule has 0 heterocycles. The van der Waals surface area contributed by atoms with Crippen molar-refractivity contribution in [2.75, 3.05) is 27.5 Å². The van der Waals surface area contributed by atoms with E-state index in [0.717, 1.165) is 46.9 Å². The smallest absolute Gasteiger partial charge is 0.136 e. The number of hydrogen-bond acceptors (Lipinski definition) is 3. The molecule has 0 fully saturated rings. The van der Waals surface area contributed by atoms with Crippen LogP contribution in [0, 0.1) is 12.3 Å². The van der Waals surface area contributed by atoms with Crippen LogP contribution in [0.1, 0.15) is 12.8 Å². The number of allylic oxidation sites excluding steroid dienone is 10. The van der Waals surface area contributed by atoms with Crippen molar-refractivity contribution in [3.63, 3.8) is 0 Å². The van der Waals surface area contributed by atoms with Crippen molar-refractivity contribution >= 4 is 31.8 Å². The Bertz CT molecular complexity index is 1490. The van der Waals surface area contributed by atoms with Crippen LogP contribution in [-0.4, -0.2) is 27.5 Å². The highest BCUT2D eigenvalue weighted by atomic mass is 31.1. The second-order valence-corrected chi connectivity index (χ2v) is 12.9. The fraction of sp³-hybridized carbons (Fsp3) is 0.176. The molecule has 0 aromatic heterocycles. The molecule has 2 aromatic carbocycles. The first-order valence-electron chi connectivity index (χ1n) is 12.7. The highest BCUT2D eigenvalue weighted by molar-refractivity contribution is 7.80. The predicted octanol–water partition coefficient (Wildman–Crippen LogP) is 6.93. The van der Waals surface area contributed by atoms with Crippen molar-refractivity contribution in [3.05, 3.63) is 131 Å². The summed E-state index contributed by atoms with van der Waals surface area (Å²) in [6.07, 6.45) is 24.2. The van der Waals surface area contributed by atoms with E-state index in [1.807, 2.05) is 36.4 Å². The Morgan fingerprint density at radius 2 is 1.72 bits per heavy atom. The van der Waals surface area contributed by atoms with Gasteiger partial charge in [-0.15, -0.1) is 6.42 Å². The number of benzene rings is 2. The molecule has 2 unspecified atom stereocenters. The van der Waals surface area contributed by atoms with Gasteiger partial charge in [-0.05, 0) is 67.9 Å². The third kappa shape index (κ3) is 6.64. The van der Waals surface area contributed by atoms with Gasteiger partial charge in [-0.1, -0.05) is 84.2 Å². The molecule has 2 aliphatic rings. The Morgan fingerprint density at radius 1 is 0.949 bits per heavy atom. The van der Waals surface area contributed by atoms with Gasteiger partial charge in [0.05, 0.1) is 26.6 Å². The average Bonchev–Trinajstić information content (AvgIpc) is 3.00. The first-order valence-corrected chi connectivity index (χ1v) is 15.6. The second-order valence-electron chi connectivity index (χ2n) is 8.54. The molecular weight excluding hydrogens is 518 g/mol. The number of ether oxygens (including phenoxy) is 3. The Kier molecular flexibility index (Phi) is 10.5. The van der Waals surface area contributed by atoms with Gasteiger partial charge in [0.2, 0.25) is 0 Å². The minimum absolute atomic E-state index is 0.760. The first-order chi connectivity index (χ1) is 19.2. The molecule has 0 spiro atoms. The lowest BCUT2D eigenvalue weighted by atomic mass is 10.2. The van der Waals surface area contributed by atoms with Crippen molar-refractivity contribution in [1.82, 2.24) is 0 Å². The molecule has 39 heavy (non-hydrogen) atoms. The van der Waals surface area contributed by atoms with Gasteiger partial charge >= 0.3 is 0 Å². The molecule has 2 atom stereocenters. The van der Waals surface area contributed by atoms with Gasteiger partial charge in [-0.3, -0.25) is 0 Å². The lowest BCUT2D eigenvalue weighted by Crippen LogP contribution is -2.28. The van der Waals surface area contributed by atoms with E-state index < -0.39 is 15.8 Å². The zero-order chi connectivity index (χ0) is 27.5. The Balaban J connectivity index is 1.96. The van der Waals surface area contributed by atoms with Crippen molar-refractivity contribution < 1.29 is 14.2 Å². The van der Waals surface area contributed by atoms with Crippen LogP contribution in [-0.2, 0) is 9.47 Å². The molecule has 5 heteroatoms. The number of para-hydroxylation sites is 1. The van der Waals surface area contributed by atoms with Crippen molar-refractivity contribution in [3.8, 4) is 18.1 Å². The molecule has 196 valence electrons. The maximum absolute atomic E-state index is 5.89. The molecule has 0 radical (unpaired) electrons. The van der Waals surface area contributed by atoms with E-state index in [1.54, 1.807) is 27.4 Å². The summed E-state index contributed by atoms with van der Waals surface area (Å²) >= 11 is 0. The standard InChI is InChI=1S/C34H32O3P2/c1-5-6-7-8-17-26-38(30-21-12-9-18-27(30)35-2)33-24-15-16-25-34(33)39(31-22-13-10-19-28(31)36-3)32-23-14-11-20-29(32)37-4/h1,6-11,13,15-20,22,24-25H,12,21,26H2,2-4H3/b7-6-,17-8-. The van der Waals surface area contributed by atoms with Crippen LogP contribution in [0.25, 0.3) is 0 Å². The number of methoxy groups -OCH3 is 3. The lowest BCUT2D eigenvalue weighted by Gasteiger charge is -2.30. The number of terminal acetylenes is 1. The zero-order valence-corrected chi connectivity index (χ0v) is 24.3. The molecule has 4 rings (SSSR count). The van der Waals surface area contributed by atoms with E-state index in [2.05, 4.69) is 72.0 Å². The number of rotatable bonds is 11. The molecule has 0 saturated carbocycles. The Morgan fingerprint density at radius 3 is 2.46 bits per heavy atom. The van der Waals surface area contributed by atoms with E-state index in [4.69, 9.17) is 20.6 Å². The molecule has 3 nitrogen and oxygen atoms in total. The summed E-state index contributed by atoms with van der Waals surface area (Å²) in [6, 6.07) is 17.0. The molecule has 0 aliphatic heterocycles. The Labute approximate surface area is 234 Å². The van der Waals surface area contributed by atoms with Gasteiger partial charge < -0.3 is 14.2 Å². The summed E-state index contributed by atoms with van der Waals surface area (Å²) in [5.41, 5.74) is 6.59. The van der Waals surface area contributed by atoms with E-state index in [9.17, 15) is 0 Å². The van der Waals surface area contributed by atoms with Gasteiger partial charge in [0.25, 0.3) is 0 Å². The van der Waals surface area contributed by atoms with Crippen LogP contribution < -0.4 is 20.7 Å².